The van der Waals surface area contributed by atoms with E-state index in [9.17, 15) is 39.6 Å². The van der Waals surface area contributed by atoms with Crippen molar-refractivity contribution < 1.29 is 58.6 Å². The van der Waals surface area contributed by atoms with Crippen molar-refractivity contribution in [2.75, 3.05) is 71.8 Å². The van der Waals surface area contributed by atoms with E-state index in [4.69, 9.17) is 23.9 Å². The van der Waals surface area contributed by atoms with Crippen LogP contribution < -0.4 is 20.8 Å². The third-order valence-corrected chi connectivity index (χ3v) is 16.6. The molecule has 19 nitrogen and oxygen atoms in total. The van der Waals surface area contributed by atoms with Crippen molar-refractivity contribution in [3.8, 4) is 17.2 Å². The lowest BCUT2D eigenvalue weighted by Crippen LogP contribution is -2.56. The average Bonchev–Trinajstić information content (AvgIpc) is 3.88. The van der Waals surface area contributed by atoms with Crippen molar-refractivity contribution in [1.82, 2.24) is 19.6 Å². The molecule has 3 saturated heterocycles. The van der Waals surface area contributed by atoms with E-state index in [1.54, 1.807) is 68.7 Å². The van der Waals surface area contributed by atoms with Gasteiger partial charge < -0.3 is 59.4 Å². The number of nitrogens with one attached hydrogen (secondary N) is 1. The fourth-order valence-corrected chi connectivity index (χ4v) is 11.7. The summed E-state index contributed by atoms with van der Waals surface area (Å²) in [6.45, 7) is 20.9. The van der Waals surface area contributed by atoms with Gasteiger partial charge in [0.2, 0.25) is 5.91 Å². The fourth-order valence-electron chi connectivity index (χ4n) is 11.7. The molecule has 3 amide bonds. The monoisotopic (exact) mass is 1030 g/mol. The second-order valence-electron chi connectivity index (χ2n) is 22.2. The molecule has 9 rings (SSSR count). The number of piperazine rings is 1. The van der Waals surface area contributed by atoms with Gasteiger partial charge in [-0.15, -0.1) is 0 Å². The normalized spacial score (nSPS) is 32.9. The van der Waals surface area contributed by atoms with Crippen molar-refractivity contribution in [3.05, 3.63) is 58.0 Å². The summed E-state index contributed by atoms with van der Waals surface area (Å²) in [5.41, 5.74) is -0.175. The molecule has 5 N–H and O–H groups in total. The van der Waals surface area contributed by atoms with Crippen molar-refractivity contribution in [1.29, 1.82) is 0 Å². The molecule has 2 aromatic carbocycles. The summed E-state index contributed by atoms with van der Waals surface area (Å²) in [4.78, 5) is 73.3. The number of ketones is 1. The predicted molar refractivity (Wildman–Crippen MR) is 276 cm³/mol. The van der Waals surface area contributed by atoms with Crippen molar-refractivity contribution >= 4 is 40.2 Å². The van der Waals surface area contributed by atoms with Gasteiger partial charge in [-0.05, 0) is 32.3 Å². The molecule has 7 aliphatic rings. The number of Topliss-reactive ketones (excluding diaryl/α,β-unsaturated/α-hetero) is 1. The highest BCUT2D eigenvalue weighted by atomic mass is 16.7. The smallest absolute Gasteiger partial charge is 0.410 e. The van der Waals surface area contributed by atoms with Gasteiger partial charge in [0.1, 0.15) is 34.0 Å². The van der Waals surface area contributed by atoms with E-state index in [0.717, 1.165) is 13.0 Å². The zero-order chi connectivity index (χ0) is 53.7. The molecule has 3 fully saturated rings. The maximum absolute atomic E-state index is 15.0. The highest BCUT2D eigenvalue weighted by Gasteiger charge is 2.51. The number of benzene rings is 2. The number of likely N-dealkylation sites (tertiary alicyclic amines) is 2. The first-order chi connectivity index (χ1) is 35.0. The lowest BCUT2D eigenvalue weighted by Gasteiger charge is -2.42. The van der Waals surface area contributed by atoms with E-state index in [1.807, 2.05) is 14.0 Å². The third-order valence-electron chi connectivity index (χ3n) is 16.6. The van der Waals surface area contributed by atoms with Crippen molar-refractivity contribution in [2.24, 2.45) is 39.6 Å². The topological polar surface area (TPSA) is 236 Å². The van der Waals surface area contributed by atoms with Gasteiger partial charge in [0.25, 0.3) is 11.7 Å². The number of aliphatic hydroxyl groups excluding tert-OH is 2. The number of allylic oxidation sites excluding steroid dienone is 2. The predicted octanol–water partition coefficient (Wildman–Crippen LogP) is 4.56. The Bertz CT molecular complexity index is 2740. The number of aromatic hydroxyl groups is 2. The fraction of sp³-hybridized carbons (Fsp3) is 0.636. The molecule has 0 saturated carbocycles. The summed E-state index contributed by atoms with van der Waals surface area (Å²) < 4.78 is 25.0. The molecule has 0 aromatic heterocycles. The van der Waals surface area contributed by atoms with Crippen LogP contribution in [0.1, 0.15) is 97.0 Å². The second-order valence-corrected chi connectivity index (χ2v) is 22.2. The quantitative estimate of drug-likeness (QED) is 0.258. The molecule has 1 unspecified atom stereocenters. The molecule has 2 aromatic rings. The number of fused-ring (bicyclic) bond motifs is 13. The first-order valence-corrected chi connectivity index (χ1v) is 26.3. The third kappa shape index (κ3) is 10.4. The Hall–Kier alpha value is -5.60. The van der Waals surface area contributed by atoms with Crippen LogP contribution in [0.15, 0.2) is 46.1 Å². The van der Waals surface area contributed by atoms with Gasteiger partial charge >= 0.3 is 11.9 Å². The van der Waals surface area contributed by atoms with Gasteiger partial charge in [-0.25, -0.2) is 9.79 Å². The van der Waals surface area contributed by atoms with Crippen LogP contribution in [0.5, 0.6) is 17.2 Å². The molecule has 10 atom stereocenters. The van der Waals surface area contributed by atoms with Crippen LogP contribution in [-0.2, 0) is 23.8 Å². The zero-order valence-electron chi connectivity index (χ0n) is 44.9. The summed E-state index contributed by atoms with van der Waals surface area (Å²) in [5, 5.41) is 51.6. The molecule has 19 heteroatoms. The average molecular weight is 1030 g/mol. The molecule has 1 spiro atoms. The number of methoxy groups -OCH3 is 1. The van der Waals surface area contributed by atoms with Crippen LogP contribution in [0.4, 0.5) is 10.5 Å². The number of aliphatic hydroxyl groups is 2. The number of amides is 3. The van der Waals surface area contributed by atoms with E-state index in [0.29, 0.717) is 76.7 Å². The molecule has 404 valence electrons. The van der Waals surface area contributed by atoms with Crippen molar-refractivity contribution in [2.45, 2.75) is 130 Å². The summed E-state index contributed by atoms with van der Waals surface area (Å²) in [6.07, 6.45) is 5.53. The van der Waals surface area contributed by atoms with Gasteiger partial charge in [0.05, 0.1) is 41.2 Å². The first kappa shape index (κ1) is 54.7. The van der Waals surface area contributed by atoms with Crippen LogP contribution >= 0.6 is 0 Å². The number of piperidine rings is 2. The van der Waals surface area contributed by atoms with Gasteiger partial charge in [0, 0.05) is 139 Å². The van der Waals surface area contributed by atoms with E-state index < -0.39 is 83.1 Å². The standard InChI is InChI=1S/C55H77N7O12/c1-29(2)28-60-20-17-55(18-21-60)57-42-39-40-47(66)35(8)50-41(39)51(68)54(9,74-50)72-26-16-37(71-11)32(5)49(73-53(70)62-24-22-61(23-25-62)36-15-19-59(10)38(63)27-36)34(7)46(65)33(6)45(64)30(3)13-12-14-31(4)52(69)56-44(48(40)67)43(42)58-55/h12-14,16,26,29-30,32-34,36-37,45-46,49,57,64-67H,15,17-25,27-28H2,1-11H3/b13-12+,26-16+,31-14-,56-44?/t30-,32+,33+,34+,36?,37-,45-,46+,49+,54-/m0/s1. The number of hydrogen-bond acceptors (Lipinski definition) is 16. The van der Waals surface area contributed by atoms with Crippen LogP contribution in [0.25, 0.3) is 10.8 Å². The van der Waals surface area contributed by atoms with Crippen LogP contribution in [0.3, 0.4) is 0 Å². The number of phenolic OH excluding ortho intramolecular Hbond substituents is 2. The molecular formula is C55H77N7O12. The first-order valence-electron chi connectivity index (χ1n) is 26.3. The lowest BCUT2D eigenvalue weighted by molar-refractivity contribution is -0.134. The van der Waals surface area contributed by atoms with E-state index >= 15 is 0 Å². The summed E-state index contributed by atoms with van der Waals surface area (Å²) in [6, 6.07) is 0.0998. The maximum Gasteiger partial charge on any atom is 0.410 e. The van der Waals surface area contributed by atoms with Gasteiger partial charge in [-0.1, -0.05) is 59.8 Å². The number of carbonyl (C=O) groups is 4. The van der Waals surface area contributed by atoms with E-state index in [1.165, 1.54) is 20.3 Å². The summed E-state index contributed by atoms with van der Waals surface area (Å²) in [5.74, 6) is -6.27. The number of phenols is 2. The minimum absolute atomic E-state index is 0.0424. The van der Waals surface area contributed by atoms with Gasteiger partial charge in [0.15, 0.2) is 5.75 Å². The second kappa shape index (κ2) is 21.6. The van der Waals surface area contributed by atoms with Crippen LogP contribution in [-0.4, -0.2) is 172 Å². The molecule has 7 heterocycles. The van der Waals surface area contributed by atoms with Crippen LogP contribution in [0, 0.1) is 36.5 Å². The van der Waals surface area contributed by atoms with Crippen molar-refractivity contribution in [3.63, 3.8) is 0 Å². The largest absolute Gasteiger partial charge is 0.507 e. The highest BCUT2D eigenvalue weighted by molar-refractivity contribution is 6.21. The maximum atomic E-state index is 15.0. The molecule has 0 radical (unpaired) electrons. The minimum Gasteiger partial charge on any atom is -0.507 e. The summed E-state index contributed by atoms with van der Waals surface area (Å²) >= 11 is 0. The van der Waals surface area contributed by atoms with Crippen LogP contribution in [0.2, 0.25) is 0 Å². The number of nitrogens with zero attached hydrogens (tertiary/aromatic N) is 6. The van der Waals surface area contributed by atoms with E-state index in [2.05, 4.69) is 34.0 Å². The zero-order valence-corrected chi connectivity index (χ0v) is 44.9. The molecule has 0 aliphatic carbocycles. The Morgan fingerprint density at radius 3 is 2.24 bits per heavy atom. The number of ether oxygens (including phenoxy) is 4. The highest BCUT2D eigenvalue weighted by Crippen LogP contribution is 2.51. The minimum atomic E-state index is -1.99. The number of anilines is 1. The number of carbonyl (C=O) groups excluding carboxylic acids is 4. The Morgan fingerprint density at radius 1 is 0.905 bits per heavy atom. The molecular weight excluding hydrogens is 951 g/mol. The van der Waals surface area contributed by atoms with E-state index in [-0.39, 0.29) is 61.6 Å². The Labute approximate surface area is 433 Å². The molecule has 7 aliphatic heterocycles. The molecule has 74 heavy (non-hydrogen) atoms. The Morgan fingerprint density at radius 2 is 1.59 bits per heavy atom. The number of rotatable bonds is 5. The lowest BCUT2D eigenvalue weighted by atomic mass is 9.78. The Kier molecular flexibility index (Phi) is 15.9. The Balaban J connectivity index is 1.17. The molecule has 5 bridgehead atoms. The SMILES string of the molecule is CO[C@H]1/C=C/O[C@@]2(C)Oc3c(C)c(O)c4c(O)c(c5c(c4c3C2=O)NC2(CCN(CC(C)C)CC2)N=5)=NC(=O)/C(C)=C\C=C\[C@H](C)[C@H](O)[C@@H](C)[C@@H](O)[C@@H](C)[C@H](OC(=O)N2CCN(C3CCN(C)C(=O)C3)CC2)[C@@H]1C. The van der Waals surface area contributed by atoms with Gasteiger partial charge in [-0.3, -0.25) is 24.3 Å². The number of hydrogen-bond donors (Lipinski definition) is 5. The van der Waals surface area contributed by atoms with Gasteiger partial charge in [-0.2, -0.15) is 0 Å². The summed E-state index contributed by atoms with van der Waals surface area (Å²) in [7, 11) is 3.29.